The summed E-state index contributed by atoms with van der Waals surface area (Å²) in [5.41, 5.74) is 4.36. The molecule has 2 heterocycles. The Balaban J connectivity index is 1.84. The van der Waals surface area contributed by atoms with Gasteiger partial charge in [-0.05, 0) is 30.9 Å². The first kappa shape index (κ1) is 15.4. The summed E-state index contributed by atoms with van der Waals surface area (Å²) in [6, 6.07) is 3.11. The zero-order valence-corrected chi connectivity index (χ0v) is 13.2. The monoisotopic (exact) mass is 303 g/mol. The third-order valence-electron chi connectivity index (χ3n) is 5.19. The standard InChI is InChI=1S/C17H25N3O2/c1-2-14-9-16-13(8-12(10-18-16)17(21)19-22)11-20(14)15-6-4-3-5-7-15/h8,10,14-15,22H,2-7,9,11H2,1H3,(H,19,21)/t14-/m0/s1. The average Bonchev–Trinajstić information content (AvgIpc) is 2.60. The zero-order valence-electron chi connectivity index (χ0n) is 13.2. The number of nitrogens with zero attached hydrogens (tertiary/aromatic N) is 2. The molecule has 120 valence electrons. The lowest BCUT2D eigenvalue weighted by molar-refractivity contribution is 0.0702. The molecule has 1 atom stereocenters. The van der Waals surface area contributed by atoms with Gasteiger partial charge in [0.15, 0.2) is 0 Å². The minimum Gasteiger partial charge on any atom is -0.293 e. The maximum Gasteiger partial charge on any atom is 0.276 e. The molecule has 1 fully saturated rings. The van der Waals surface area contributed by atoms with Gasteiger partial charge in [0.25, 0.3) is 5.91 Å². The minimum absolute atomic E-state index is 0.430. The number of hydrogen-bond donors (Lipinski definition) is 2. The van der Waals surface area contributed by atoms with E-state index in [2.05, 4.69) is 16.8 Å². The van der Waals surface area contributed by atoms with Gasteiger partial charge in [0.05, 0.1) is 5.56 Å². The highest BCUT2D eigenvalue weighted by atomic mass is 16.5. The highest BCUT2D eigenvalue weighted by molar-refractivity contribution is 5.93. The van der Waals surface area contributed by atoms with Crippen LogP contribution in [0.2, 0.25) is 0 Å². The van der Waals surface area contributed by atoms with Crippen molar-refractivity contribution in [3.05, 3.63) is 29.1 Å². The number of nitrogens with one attached hydrogen (secondary N) is 1. The molecule has 0 bridgehead atoms. The van der Waals surface area contributed by atoms with Crippen LogP contribution in [-0.2, 0) is 13.0 Å². The van der Waals surface area contributed by atoms with Crippen LogP contribution < -0.4 is 5.48 Å². The van der Waals surface area contributed by atoms with Crippen molar-refractivity contribution in [3.8, 4) is 0 Å². The summed E-state index contributed by atoms with van der Waals surface area (Å²) >= 11 is 0. The Kier molecular flexibility index (Phi) is 4.74. The molecule has 0 unspecified atom stereocenters. The van der Waals surface area contributed by atoms with Crippen molar-refractivity contribution in [3.63, 3.8) is 0 Å². The molecule has 5 nitrogen and oxygen atoms in total. The average molecular weight is 303 g/mol. The predicted molar refractivity (Wildman–Crippen MR) is 83.7 cm³/mol. The third-order valence-corrected chi connectivity index (χ3v) is 5.19. The lowest BCUT2D eigenvalue weighted by Gasteiger charge is -2.43. The largest absolute Gasteiger partial charge is 0.293 e. The van der Waals surface area contributed by atoms with Crippen LogP contribution in [-0.4, -0.2) is 33.1 Å². The van der Waals surface area contributed by atoms with Crippen LogP contribution in [0.1, 0.15) is 67.1 Å². The number of hydrogen-bond acceptors (Lipinski definition) is 4. The van der Waals surface area contributed by atoms with E-state index >= 15 is 0 Å². The van der Waals surface area contributed by atoms with Crippen molar-refractivity contribution in [2.75, 3.05) is 0 Å². The van der Waals surface area contributed by atoms with E-state index in [9.17, 15) is 4.79 Å². The summed E-state index contributed by atoms with van der Waals surface area (Å²) in [5.74, 6) is -0.489. The number of amides is 1. The van der Waals surface area contributed by atoms with E-state index in [1.54, 1.807) is 11.7 Å². The van der Waals surface area contributed by atoms with E-state index in [0.717, 1.165) is 30.6 Å². The smallest absolute Gasteiger partial charge is 0.276 e. The summed E-state index contributed by atoms with van der Waals surface area (Å²) in [5, 5.41) is 8.79. The van der Waals surface area contributed by atoms with Crippen molar-refractivity contribution >= 4 is 5.91 Å². The van der Waals surface area contributed by atoms with Gasteiger partial charge in [0.2, 0.25) is 0 Å². The number of fused-ring (bicyclic) bond motifs is 1. The van der Waals surface area contributed by atoms with Crippen LogP contribution in [0, 0.1) is 0 Å². The molecule has 1 amide bonds. The maximum absolute atomic E-state index is 11.6. The van der Waals surface area contributed by atoms with Gasteiger partial charge in [-0.1, -0.05) is 26.2 Å². The lowest BCUT2D eigenvalue weighted by atomic mass is 9.88. The van der Waals surface area contributed by atoms with Crippen molar-refractivity contribution in [1.82, 2.24) is 15.4 Å². The first-order valence-corrected chi connectivity index (χ1v) is 8.41. The Labute approximate surface area is 131 Å². The first-order valence-electron chi connectivity index (χ1n) is 8.41. The fourth-order valence-corrected chi connectivity index (χ4v) is 3.93. The van der Waals surface area contributed by atoms with Gasteiger partial charge in [-0.15, -0.1) is 0 Å². The van der Waals surface area contributed by atoms with Gasteiger partial charge in [-0.2, -0.15) is 0 Å². The Morgan fingerprint density at radius 2 is 2.18 bits per heavy atom. The molecule has 1 aromatic rings. The van der Waals surface area contributed by atoms with Gasteiger partial charge < -0.3 is 0 Å². The van der Waals surface area contributed by atoms with E-state index in [1.165, 1.54) is 32.1 Å². The molecule has 0 aromatic carbocycles. The lowest BCUT2D eigenvalue weighted by Crippen LogP contribution is -2.47. The Morgan fingerprint density at radius 3 is 2.86 bits per heavy atom. The molecule has 0 radical (unpaired) electrons. The molecule has 2 aliphatic rings. The predicted octanol–water partition coefficient (Wildman–Crippen LogP) is 2.67. The van der Waals surface area contributed by atoms with Crippen LogP contribution in [0.4, 0.5) is 0 Å². The molecular formula is C17H25N3O2. The molecule has 1 aliphatic heterocycles. The number of pyridine rings is 1. The number of carbonyl (C=O) groups is 1. The van der Waals surface area contributed by atoms with Crippen LogP contribution in [0.25, 0.3) is 0 Å². The number of rotatable bonds is 3. The van der Waals surface area contributed by atoms with Crippen molar-refractivity contribution in [2.24, 2.45) is 0 Å². The highest BCUT2D eigenvalue weighted by Gasteiger charge is 2.32. The van der Waals surface area contributed by atoms with Gasteiger partial charge >= 0.3 is 0 Å². The fourth-order valence-electron chi connectivity index (χ4n) is 3.93. The quantitative estimate of drug-likeness (QED) is 0.665. The molecule has 22 heavy (non-hydrogen) atoms. The van der Waals surface area contributed by atoms with Crippen molar-refractivity contribution in [2.45, 2.75) is 70.5 Å². The normalized spacial score (nSPS) is 23.1. The second-order valence-electron chi connectivity index (χ2n) is 6.50. The van der Waals surface area contributed by atoms with Crippen LogP contribution in [0.15, 0.2) is 12.3 Å². The van der Waals surface area contributed by atoms with E-state index in [1.807, 2.05) is 6.07 Å². The Morgan fingerprint density at radius 1 is 1.41 bits per heavy atom. The minimum atomic E-state index is -0.489. The van der Waals surface area contributed by atoms with Crippen LogP contribution >= 0.6 is 0 Å². The molecule has 5 heteroatoms. The molecule has 3 rings (SSSR count). The molecule has 1 saturated carbocycles. The second kappa shape index (κ2) is 6.75. The maximum atomic E-state index is 11.6. The van der Waals surface area contributed by atoms with Gasteiger partial charge in [0, 0.05) is 36.9 Å². The molecular weight excluding hydrogens is 278 g/mol. The summed E-state index contributed by atoms with van der Waals surface area (Å²) in [7, 11) is 0. The van der Waals surface area contributed by atoms with E-state index < -0.39 is 5.91 Å². The zero-order chi connectivity index (χ0) is 15.5. The molecule has 1 aliphatic carbocycles. The van der Waals surface area contributed by atoms with E-state index in [0.29, 0.717) is 17.6 Å². The molecule has 2 N–H and O–H groups in total. The van der Waals surface area contributed by atoms with Crippen molar-refractivity contribution in [1.29, 1.82) is 0 Å². The highest BCUT2D eigenvalue weighted by Crippen LogP contribution is 2.31. The van der Waals surface area contributed by atoms with Gasteiger partial charge in [0.1, 0.15) is 0 Å². The Bertz CT molecular complexity index is 541. The third kappa shape index (κ3) is 3.01. The number of aromatic nitrogens is 1. The van der Waals surface area contributed by atoms with E-state index in [4.69, 9.17) is 5.21 Å². The fraction of sp³-hybridized carbons (Fsp3) is 0.647. The topological polar surface area (TPSA) is 65.5 Å². The molecule has 0 saturated heterocycles. The number of carbonyl (C=O) groups excluding carboxylic acids is 1. The summed E-state index contributed by atoms with van der Waals surface area (Å²) in [4.78, 5) is 18.7. The summed E-state index contributed by atoms with van der Waals surface area (Å²) in [6.07, 6.45) is 10.3. The van der Waals surface area contributed by atoms with Crippen molar-refractivity contribution < 1.29 is 10.0 Å². The molecule has 0 spiro atoms. The first-order chi connectivity index (χ1) is 10.7. The SMILES string of the molecule is CC[C@H]1Cc2ncc(C(=O)NO)cc2CN1C1CCCCC1. The Hall–Kier alpha value is -1.46. The van der Waals surface area contributed by atoms with Crippen LogP contribution in [0.3, 0.4) is 0 Å². The molecule has 1 aromatic heterocycles. The van der Waals surface area contributed by atoms with Gasteiger partial charge in [-0.25, -0.2) is 5.48 Å². The second-order valence-corrected chi connectivity index (χ2v) is 6.50. The summed E-state index contributed by atoms with van der Waals surface area (Å²) in [6.45, 7) is 3.12. The van der Waals surface area contributed by atoms with E-state index in [-0.39, 0.29) is 0 Å². The van der Waals surface area contributed by atoms with Crippen LogP contribution in [0.5, 0.6) is 0 Å². The number of hydroxylamine groups is 1. The van der Waals surface area contributed by atoms with Gasteiger partial charge in [-0.3, -0.25) is 19.9 Å². The summed E-state index contributed by atoms with van der Waals surface area (Å²) < 4.78 is 0.